The van der Waals surface area contributed by atoms with Gasteiger partial charge in [-0.05, 0) is 12.8 Å². The zero-order valence-electron chi connectivity index (χ0n) is 12.0. The maximum Gasteiger partial charge on any atom is 0.315 e. The Morgan fingerprint density at radius 2 is 2.21 bits per heavy atom. The van der Waals surface area contributed by atoms with E-state index in [2.05, 4.69) is 17.2 Å². The summed E-state index contributed by atoms with van der Waals surface area (Å²) in [5.41, 5.74) is -0.282. The molecule has 0 aromatic rings. The van der Waals surface area contributed by atoms with Crippen LogP contribution in [0, 0.1) is 0 Å². The summed E-state index contributed by atoms with van der Waals surface area (Å²) in [4.78, 5) is 11.8. The second-order valence-corrected chi connectivity index (χ2v) is 4.96. The van der Waals surface area contributed by atoms with Gasteiger partial charge >= 0.3 is 6.03 Å². The van der Waals surface area contributed by atoms with E-state index in [1.54, 1.807) is 7.11 Å². The molecule has 2 N–H and O–H groups in total. The number of nitrogens with one attached hydrogen (secondary N) is 2. The third kappa shape index (κ3) is 5.20. The predicted octanol–water partition coefficient (Wildman–Crippen LogP) is 1.84. The number of ether oxygens (including phenoxy) is 2. The first kappa shape index (κ1) is 16.0. The summed E-state index contributed by atoms with van der Waals surface area (Å²) in [6.45, 7) is 7.63. The Morgan fingerprint density at radius 1 is 1.53 bits per heavy atom. The molecule has 1 fully saturated rings. The van der Waals surface area contributed by atoms with Crippen LogP contribution in [0.4, 0.5) is 4.79 Å². The smallest absolute Gasteiger partial charge is 0.315 e. The highest BCUT2D eigenvalue weighted by Gasteiger charge is 2.32. The molecule has 0 aromatic carbocycles. The Labute approximate surface area is 115 Å². The van der Waals surface area contributed by atoms with E-state index < -0.39 is 0 Å². The fourth-order valence-corrected chi connectivity index (χ4v) is 2.20. The number of carbonyl (C=O) groups excluding carboxylic acids is 1. The summed E-state index contributed by atoms with van der Waals surface area (Å²) in [6.07, 6.45) is 5.13. The summed E-state index contributed by atoms with van der Waals surface area (Å²) in [5, 5.41) is 5.84. The highest BCUT2D eigenvalue weighted by atomic mass is 16.5. The van der Waals surface area contributed by atoms with E-state index in [9.17, 15) is 4.79 Å². The van der Waals surface area contributed by atoms with Crippen molar-refractivity contribution >= 4 is 6.03 Å². The van der Waals surface area contributed by atoms with Gasteiger partial charge in [0.25, 0.3) is 0 Å². The van der Waals surface area contributed by atoms with Gasteiger partial charge in [0.15, 0.2) is 0 Å². The number of rotatable bonds is 7. The number of urea groups is 1. The van der Waals surface area contributed by atoms with Gasteiger partial charge < -0.3 is 20.1 Å². The van der Waals surface area contributed by atoms with Gasteiger partial charge in [0.1, 0.15) is 0 Å². The second-order valence-electron chi connectivity index (χ2n) is 4.96. The van der Waals surface area contributed by atoms with Crippen molar-refractivity contribution in [1.82, 2.24) is 10.6 Å². The summed E-state index contributed by atoms with van der Waals surface area (Å²) >= 11 is 0. The lowest BCUT2D eigenvalue weighted by Gasteiger charge is -2.36. The van der Waals surface area contributed by atoms with E-state index in [1.807, 2.05) is 13.0 Å². The Kier molecular flexibility index (Phi) is 6.87. The molecular weight excluding hydrogens is 244 g/mol. The van der Waals surface area contributed by atoms with Crippen LogP contribution in [0.2, 0.25) is 0 Å². The Bertz CT molecular complexity index is 288. The van der Waals surface area contributed by atoms with Crippen molar-refractivity contribution in [3.63, 3.8) is 0 Å². The highest BCUT2D eigenvalue weighted by molar-refractivity contribution is 5.74. The molecule has 0 saturated carbocycles. The van der Waals surface area contributed by atoms with Crippen LogP contribution in [0.1, 0.15) is 32.6 Å². The molecule has 0 aromatic heterocycles. The van der Waals surface area contributed by atoms with Crippen molar-refractivity contribution in [2.75, 3.05) is 26.9 Å². The molecule has 5 nitrogen and oxygen atoms in total. The maximum absolute atomic E-state index is 11.8. The summed E-state index contributed by atoms with van der Waals surface area (Å²) < 4.78 is 10.9. The molecule has 2 amide bonds. The van der Waals surface area contributed by atoms with Crippen LogP contribution in [-0.2, 0) is 9.47 Å². The molecule has 0 spiro atoms. The zero-order chi connectivity index (χ0) is 14.1. The van der Waals surface area contributed by atoms with Crippen molar-refractivity contribution in [1.29, 1.82) is 0 Å². The Balaban J connectivity index is 2.37. The lowest BCUT2D eigenvalue weighted by atomic mass is 9.94. The number of carbonyl (C=O) groups is 1. The molecule has 5 heteroatoms. The number of hydrogen-bond donors (Lipinski definition) is 2. The number of amides is 2. The minimum atomic E-state index is -0.282. The topological polar surface area (TPSA) is 59.6 Å². The average molecular weight is 270 g/mol. The van der Waals surface area contributed by atoms with E-state index >= 15 is 0 Å². The third-order valence-electron chi connectivity index (χ3n) is 3.69. The van der Waals surface area contributed by atoms with Crippen LogP contribution < -0.4 is 10.6 Å². The average Bonchev–Trinajstić information content (AvgIpc) is 2.45. The van der Waals surface area contributed by atoms with E-state index in [1.165, 1.54) is 0 Å². The zero-order valence-corrected chi connectivity index (χ0v) is 12.0. The van der Waals surface area contributed by atoms with Gasteiger partial charge in [0.2, 0.25) is 0 Å². The first-order valence-electron chi connectivity index (χ1n) is 6.94. The van der Waals surface area contributed by atoms with Gasteiger partial charge in [-0.1, -0.05) is 13.0 Å². The molecule has 1 rings (SSSR count). The molecule has 1 atom stereocenters. The quantitative estimate of drug-likeness (QED) is 0.694. The molecule has 1 aliphatic heterocycles. The molecule has 0 aliphatic carbocycles. The van der Waals surface area contributed by atoms with Crippen LogP contribution in [0.15, 0.2) is 12.7 Å². The van der Waals surface area contributed by atoms with Crippen molar-refractivity contribution in [2.45, 2.75) is 44.2 Å². The van der Waals surface area contributed by atoms with Gasteiger partial charge in [-0.15, -0.1) is 6.58 Å². The Hall–Kier alpha value is -1.07. The largest absolute Gasteiger partial charge is 0.381 e. The predicted molar refractivity (Wildman–Crippen MR) is 75.2 cm³/mol. The minimum Gasteiger partial charge on any atom is -0.381 e. The molecule has 1 saturated heterocycles. The van der Waals surface area contributed by atoms with Gasteiger partial charge in [-0.3, -0.25) is 0 Å². The summed E-state index contributed by atoms with van der Waals surface area (Å²) in [7, 11) is 1.69. The molecule has 110 valence electrons. The summed E-state index contributed by atoms with van der Waals surface area (Å²) in [5.74, 6) is 0. The highest BCUT2D eigenvalue weighted by Crippen LogP contribution is 2.23. The van der Waals surface area contributed by atoms with Gasteiger partial charge in [0.05, 0.1) is 5.60 Å². The first-order valence-corrected chi connectivity index (χ1v) is 6.94. The van der Waals surface area contributed by atoms with E-state index in [0.29, 0.717) is 19.8 Å². The van der Waals surface area contributed by atoms with Gasteiger partial charge in [-0.2, -0.15) is 0 Å². The van der Waals surface area contributed by atoms with Gasteiger partial charge in [-0.25, -0.2) is 4.79 Å². The molecule has 0 bridgehead atoms. The fraction of sp³-hybridized carbons (Fsp3) is 0.786. The lowest BCUT2D eigenvalue weighted by molar-refractivity contribution is -0.0861. The fourth-order valence-electron chi connectivity index (χ4n) is 2.20. The van der Waals surface area contributed by atoms with E-state index in [-0.39, 0.29) is 17.7 Å². The summed E-state index contributed by atoms with van der Waals surface area (Å²) in [6, 6.07) is 0.00213. The normalized spacial score (nSPS) is 19.5. The van der Waals surface area contributed by atoms with Crippen molar-refractivity contribution in [3.8, 4) is 0 Å². The lowest BCUT2D eigenvalue weighted by Crippen LogP contribution is -2.51. The van der Waals surface area contributed by atoms with Crippen LogP contribution in [0.25, 0.3) is 0 Å². The standard InChI is InChI=1S/C14H26N2O3/c1-4-6-12(5-2)16-13(17)15-11-14(18-3)7-9-19-10-8-14/h4,12H,1,5-11H2,2-3H3,(H2,15,16,17)/t12-/m1/s1. The van der Waals surface area contributed by atoms with E-state index in [4.69, 9.17) is 9.47 Å². The molecule has 1 aliphatic rings. The number of methoxy groups -OCH3 is 1. The number of hydrogen-bond acceptors (Lipinski definition) is 3. The second kappa shape index (κ2) is 8.17. The van der Waals surface area contributed by atoms with Crippen LogP contribution in [0.5, 0.6) is 0 Å². The van der Waals surface area contributed by atoms with Crippen molar-refractivity contribution < 1.29 is 14.3 Å². The molecule has 19 heavy (non-hydrogen) atoms. The molecule has 1 heterocycles. The SMILES string of the molecule is C=CC[C@@H](CC)NC(=O)NCC1(OC)CCOCC1. The van der Waals surface area contributed by atoms with Crippen LogP contribution in [0.3, 0.4) is 0 Å². The Morgan fingerprint density at radius 3 is 2.74 bits per heavy atom. The van der Waals surface area contributed by atoms with Gasteiger partial charge in [0, 0.05) is 45.8 Å². The van der Waals surface area contributed by atoms with Crippen molar-refractivity contribution in [3.05, 3.63) is 12.7 Å². The monoisotopic (exact) mass is 270 g/mol. The maximum atomic E-state index is 11.8. The first-order chi connectivity index (χ1) is 9.15. The van der Waals surface area contributed by atoms with Crippen molar-refractivity contribution in [2.24, 2.45) is 0 Å². The third-order valence-corrected chi connectivity index (χ3v) is 3.69. The van der Waals surface area contributed by atoms with Crippen LogP contribution >= 0.6 is 0 Å². The minimum absolute atomic E-state index is 0.142. The molecular formula is C14H26N2O3. The van der Waals surface area contributed by atoms with Crippen LogP contribution in [-0.4, -0.2) is 44.5 Å². The molecule has 0 unspecified atom stereocenters. The molecule has 0 radical (unpaired) electrons. The van der Waals surface area contributed by atoms with E-state index in [0.717, 1.165) is 25.7 Å².